The SMILES string of the molecule is CN=C(NCc1ccnc(N(C)C)c1)NCC1CCCOC1C(C)(C)C.I. The highest BCUT2D eigenvalue weighted by Gasteiger charge is 2.35. The van der Waals surface area contributed by atoms with Crippen molar-refractivity contribution in [2.75, 3.05) is 39.2 Å². The highest BCUT2D eigenvalue weighted by molar-refractivity contribution is 14.0. The lowest BCUT2D eigenvalue weighted by Gasteiger charge is -2.40. The van der Waals surface area contributed by atoms with E-state index in [2.05, 4.69) is 47.4 Å². The summed E-state index contributed by atoms with van der Waals surface area (Å²) in [5.74, 6) is 2.29. The van der Waals surface area contributed by atoms with Crippen LogP contribution in [0.3, 0.4) is 0 Å². The molecule has 1 aromatic heterocycles. The second-order valence-electron chi connectivity index (χ2n) is 8.28. The Bertz CT molecular complexity index is 600. The van der Waals surface area contributed by atoms with Crippen LogP contribution < -0.4 is 15.5 Å². The molecule has 2 unspecified atom stereocenters. The van der Waals surface area contributed by atoms with Crippen molar-refractivity contribution in [3.63, 3.8) is 0 Å². The van der Waals surface area contributed by atoms with Crippen LogP contribution in [-0.2, 0) is 11.3 Å². The molecule has 7 heteroatoms. The average Bonchev–Trinajstić information content (AvgIpc) is 2.61. The quantitative estimate of drug-likeness (QED) is 0.378. The van der Waals surface area contributed by atoms with Crippen LogP contribution in [0.1, 0.15) is 39.2 Å². The predicted molar refractivity (Wildman–Crippen MR) is 124 cm³/mol. The van der Waals surface area contributed by atoms with Gasteiger partial charge in [0.25, 0.3) is 0 Å². The smallest absolute Gasteiger partial charge is 0.191 e. The van der Waals surface area contributed by atoms with Crippen molar-refractivity contribution in [1.29, 1.82) is 0 Å². The van der Waals surface area contributed by atoms with Crippen molar-refractivity contribution in [3.8, 4) is 0 Å². The highest BCUT2D eigenvalue weighted by Crippen LogP contribution is 2.33. The monoisotopic (exact) mass is 489 g/mol. The van der Waals surface area contributed by atoms with E-state index in [1.807, 2.05) is 38.3 Å². The summed E-state index contributed by atoms with van der Waals surface area (Å²) in [6.07, 6.45) is 4.46. The van der Waals surface area contributed by atoms with Gasteiger partial charge < -0.3 is 20.3 Å². The average molecular weight is 489 g/mol. The van der Waals surface area contributed by atoms with E-state index in [0.29, 0.717) is 12.5 Å². The minimum absolute atomic E-state index is 0. The van der Waals surface area contributed by atoms with Crippen LogP contribution in [0.25, 0.3) is 0 Å². The van der Waals surface area contributed by atoms with Crippen molar-refractivity contribution in [2.24, 2.45) is 16.3 Å². The Morgan fingerprint density at radius 2 is 2.07 bits per heavy atom. The molecule has 1 aliphatic heterocycles. The van der Waals surface area contributed by atoms with E-state index in [9.17, 15) is 0 Å². The molecule has 0 aliphatic carbocycles. The third kappa shape index (κ3) is 7.44. The molecule has 1 aliphatic rings. The summed E-state index contributed by atoms with van der Waals surface area (Å²) < 4.78 is 6.07. The summed E-state index contributed by atoms with van der Waals surface area (Å²) in [6, 6.07) is 4.11. The van der Waals surface area contributed by atoms with E-state index in [0.717, 1.165) is 31.3 Å². The molecule has 0 bridgehead atoms. The van der Waals surface area contributed by atoms with E-state index >= 15 is 0 Å². The van der Waals surface area contributed by atoms with Gasteiger partial charge in [-0.2, -0.15) is 0 Å². The molecule has 0 aromatic carbocycles. The first-order valence-electron chi connectivity index (χ1n) is 9.49. The Labute approximate surface area is 181 Å². The van der Waals surface area contributed by atoms with Gasteiger partial charge >= 0.3 is 0 Å². The Hall–Kier alpha value is -1.09. The van der Waals surface area contributed by atoms with Gasteiger partial charge in [-0.3, -0.25) is 4.99 Å². The fraction of sp³-hybridized carbons (Fsp3) is 0.700. The number of aliphatic imine (C=N–C) groups is 1. The Balaban J connectivity index is 0.00000364. The van der Waals surface area contributed by atoms with E-state index < -0.39 is 0 Å². The first-order valence-corrected chi connectivity index (χ1v) is 9.49. The molecule has 1 fully saturated rings. The van der Waals surface area contributed by atoms with Crippen LogP contribution in [0.15, 0.2) is 23.3 Å². The third-order valence-corrected chi connectivity index (χ3v) is 4.78. The molecule has 2 atom stereocenters. The topological polar surface area (TPSA) is 61.8 Å². The lowest BCUT2D eigenvalue weighted by Crippen LogP contribution is -2.47. The first kappa shape index (κ1) is 23.9. The molecule has 0 radical (unpaired) electrons. The van der Waals surface area contributed by atoms with Crippen LogP contribution >= 0.6 is 24.0 Å². The highest BCUT2D eigenvalue weighted by atomic mass is 127. The van der Waals surface area contributed by atoms with E-state index in [1.165, 1.54) is 12.0 Å². The minimum atomic E-state index is 0. The molecular weight excluding hydrogens is 453 g/mol. The van der Waals surface area contributed by atoms with Crippen molar-refractivity contribution >= 4 is 35.8 Å². The number of ether oxygens (including phenoxy) is 1. The Morgan fingerprint density at radius 3 is 2.70 bits per heavy atom. The maximum atomic E-state index is 6.07. The van der Waals surface area contributed by atoms with Gasteiger partial charge in [-0.15, -0.1) is 24.0 Å². The zero-order valence-corrected chi connectivity index (χ0v) is 19.9. The van der Waals surface area contributed by atoms with Gasteiger partial charge in [0.15, 0.2) is 5.96 Å². The molecule has 1 saturated heterocycles. The van der Waals surface area contributed by atoms with Gasteiger partial charge in [0.05, 0.1) is 6.10 Å². The second kappa shape index (κ2) is 11.0. The van der Waals surface area contributed by atoms with Gasteiger partial charge in [-0.25, -0.2) is 4.98 Å². The molecule has 0 amide bonds. The molecule has 2 rings (SSSR count). The summed E-state index contributed by atoms with van der Waals surface area (Å²) in [5, 5.41) is 6.88. The molecule has 2 N–H and O–H groups in total. The fourth-order valence-electron chi connectivity index (χ4n) is 3.46. The standard InChI is InChI=1S/C20H35N5O.HI/c1-20(2,3)18-16(8-7-11-26-18)14-24-19(21-4)23-13-15-9-10-22-17(12-15)25(5)6;/h9-10,12,16,18H,7-8,11,13-14H2,1-6H3,(H2,21,23,24);1H. The van der Waals surface area contributed by atoms with Gasteiger partial charge in [0, 0.05) is 53.0 Å². The lowest BCUT2D eigenvalue weighted by atomic mass is 9.78. The number of aromatic nitrogens is 1. The number of halogens is 1. The van der Waals surface area contributed by atoms with E-state index in [-0.39, 0.29) is 35.5 Å². The predicted octanol–water partition coefficient (Wildman–Crippen LogP) is 3.27. The van der Waals surface area contributed by atoms with E-state index in [1.54, 1.807) is 0 Å². The van der Waals surface area contributed by atoms with Gasteiger partial charge in [-0.05, 0) is 36.0 Å². The number of pyridine rings is 1. The summed E-state index contributed by atoms with van der Waals surface area (Å²) in [6.45, 7) is 9.24. The van der Waals surface area contributed by atoms with Gasteiger partial charge in [0.1, 0.15) is 5.82 Å². The number of nitrogens with one attached hydrogen (secondary N) is 2. The first-order chi connectivity index (χ1) is 12.3. The van der Waals surface area contributed by atoms with Crippen molar-refractivity contribution in [1.82, 2.24) is 15.6 Å². The maximum absolute atomic E-state index is 6.07. The fourth-order valence-corrected chi connectivity index (χ4v) is 3.46. The third-order valence-electron chi connectivity index (χ3n) is 4.78. The van der Waals surface area contributed by atoms with E-state index in [4.69, 9.17) is 4.74 Å². The molecule has 0 spiro atoms. The number of guanidine groups is 1. The van der Waals surface area contributed by atoms with Crippen LogP contribution in [-0.4, -0.2) is 51.3 Å². The van der Waals surface area contributed by atoms with Gasteiger partial charge in [-0.1, -0.05) is 20.8 Å². The lowest BCUT2D eigenvalue weighted by molar-refractivity contribution is -0.0835. The Morgan fingerprint density at radius 1 is 1.33 bits per heavy atom. The summed E-state index contributed by atoms with van der Waals surface area (Å²) >= 11 is 0. The van der Waals surface area contributed by atoms with Crippen molar-refractivity contribution in [2.45, 2.75) is 46.3 Å². The minimum Gasteiger partial charge on any atom is -0.377 e. The molecule has 27 heavy (non-hydrogen) atoms. The molecular formula is C20H36IN5O. The molecule has 154 valence electrons. The van der Waals surface area contributed by atoms with Crippen LogP contribution in [0.2, 0.25) is 0 Å². The second-order valence-corrected chi connectivity index (χ2v) is 8.28. The normalized spacial score (nSPS) is 20.6. The van der Waals surface area contributed by atoms with Crippen molar-refractivity contribution in [3.05, 3.63) is 23.9 Å². The molecule has 1 aromatic rings. The summed E-state index contributed by atoms with van der Waals surface area (Å²) in [4.78, 5) is 10.7. The largest absolute Gasteiger partial charge is 0.377 e. The number of nitrogens with zero attached hydrogens (tertiary/aromatic N) is 3. The van der Waals surface area contributed by atoms with Crippen LogP contribution in [0.5, 0.6) is 0 Å². The number of rotatable bonds is 5. The van der Waals surface area contributed by atoms with Gasteiger partial charge in [0.2, 0.25) is 0 Å². The zero-order chi connectivity index (χ0) is 19.2. The summed E-state index contributed by atoms with van der Waals surface area (Å²) in [5.41, 5.74) is 1.34. The molecule has 0 saturated carbocycles. The number of anilines is 1. The molecule has 6 nitrogen and oxygen atoms in total. The summed E-state index contributed by atoms with van der Waals surface area (Å²) in [7, 11) is 5.81. The Kier molecular flexibility index (Phi) is 9.80. The maximum Gasteiger partial charge on any atom is 0.191 e. The number of hydrogen-bond acceptors (Lipinski definition) is 4. The zero-order valence-electron chi connectivity index (χ0n) is 17.6. The number of hydrogen-bond donors (Lipinski definition) is 2. The van der Waals surface area contributed by atoms with Crippen LogP contribution in [0.4, 0.5) is 5.82 Å². The molecule has 2 heterocycles. The van der Waals surface area contributed by atoms with Crippen molar-refractivity contribution < 1.29 is 4.74 Å². The van der Waals surface area contributed by atoms with Crippen LogP contribution in [0, 0.1) is 11.3 Å².